The normalized spacial score (nSPS) is 11.1. The third kappa shape index (κ3) is 3.70. The van der Waals surface area contributed by atoms with Crippen LogP contribution >= 0.6 is 11.3 Å². The Hall–Kier alpha value is -1.56. The molecule has 2 amide bonds. The van der Waals surface area contributed by atoms with Gasteiger partial charge in [-0.25, -0.2) is 9.59 Å². The summed E-state index contributed by atoms with van der Waals surface area (Å²) in [5.74, 6) is -1.00. The molecule has 0 aliphatic carbocycles. The van der Waals surface area contributed by atoms with Gasteiger partial charge >= 0.3 is 12.0 Å². The molecule has 1 rings (SSSR count). The smallest absolute Gasteiger partial charge is 0.329 e. The molecule has 0 atom stereocenters. The van der Waals surface area contributed by atoms with Crippen molar-refractivity contribution < 1.29 is 14.7 Å². The quantitative estimate of drug-likeness (QED) is 0.751. The molecule has 0 spiro atoms. The molecular formula is C13H20N2O3S. The van der Waals surface area contributed by atoms with Crippen molar-refractivity contribution >= 4 is 23.3 Å². The second-order valence-corrected chi connectivity index (χ2v) is 5.43. The number of nitrogens with one attached hydrogen (secondary N) is 2. The summed E-state index contributed by atoms with van der Waals surface area (Å²) >= 11 is 1.57. The van der Waals surface area contributed by atoms with Crippen LogP contribution < -0.4 is 10.6 Å². The molecule has 1 heterocycles. The number of thiophene rings is 1. The number of rotatable bonds is 6. The van der Waals surface area contributed by atoms with Gasteiger partial charge in [0, 0.05) is 4.88 Å². The highest BCUT2D eigenvalue weighted by atomic mass is 32.1. The van der Waals surface area contributed by atoms with E-state index in [9.17, 15) is 14.7 Å². The second-order valence-electron chi connectivity index (χ2n) is 4.43. The van der Waals surface area contributed by atoms with Crippen molar-refractivity contribution in [1.29, 1.82) is 0 Å². The van der Waals surface area contributed by atoms with E-state index in [-0.39, 0.29) is 0 Å². The lowest BCUT2D eigenvalue weighted by Gasteiger charge is -2.28. The monoisotopic (exact) mass is 284 g/mol. The number of carbonyl (C=O) groups excluding carboxylic acids is 1. The van der Waals surface area contributed by atoms with E-state index in [2.05, 4.69) is 10.6 Å². The van der Waals surface area contributed by atoms with Crippen LogP contribution in [0.2, 0.25) is 0 Å². The number of aryl methyl sites for hydroxylation is 1. The van der Waals surface area contributed by atoms with Gasteiger partial charge < -0.3 is 15.7 Å². The first kappa shape index (κ1) is 15.5. The van der Waals surface area contributed by atoms with Crippen LogP contribution in [0.1, 0.15) is 37.1 Å². The summed E-state index contributed by atoms with van der Waals surface area (Å²) in [6, 6.07) is 1.54. The van der Waals surface area contributed by atoms with Gasteiger partial charge in [-0.15, -0.1) is 11.3 Å². The molecule has 0 saturated carbocycles. The van der Waals surface area contributed by atoms with Crippen LogP contribution in [0.25, 0.3) is 0 Å². The van der Waals surface area contributed by atoms with Crippen LogP contribution in [-0.4, -0.2) is 22.6 Å². The Morgan fingerprint density at radius 2 is 2.00 bits per heavy atom. The van der Waals surface area contributed by atoms with Gasteiger partial charge in [-0.05, 0) is 36.8 Å². The minimum atomic E-state index is -1.19. The molecule has 1 aromatic heterocycles. The zero-order valence-corrected chi connectivity index (χ0v) is 12.3. The largest absolute Gasteiger partial charge is 0.480 e. The van der Waals surface area contributed by atoms with Gasteiger partial charge in [0.2, 0.25) is 0 Å². The van der Waals surface area contributed by atoms with Crippen LogP contribution in [-0.2, 0) is 11.3 Å². The lowest BCUT2D eigenvalue weighted by Crippen LogP contribution is -2.56. The lowest BCUT2D eigenvalue weighted by atomic mass is 9.93. The van der Waals surface area contributed by atoms with Crippen LogP contribution in [0, 0.1) is 6.92 Å². The maximum atomic E-state index is 11.8. The third-order valence-corrected chi connectivity index (χ3v) is 4.37. The van der Waals surface area contributed by atoms with Gasteiger partial charge in [-0.1, -0.05) is 13.8 Å². The Morgan fingerprint density at radius 3 is 2.42 bits per heavy atom. The first-order valence-electron chi connectivity index (χ1n) is 6.27. The lowest BCUT2D eigenvalue weighted by molar-refractivity contribution is -0.144. The maximum Gasteiger partial charge on any atom is 0.329 e. The number of urea groups is 1. The molecule has 0 radical (unpaired) electrons. The Kier molecular flexibility index (Phi) is 5.35. The number of hydrogen-bond donors (Lipinski definition) is 3. The molecule has 3 N–H and O–H groups in total. The molecule has 0 aliphatic heterocycles. The van der Waals surface area contributed by atoms with Gasteiger partial charge in [-0.3, -0.25) is 0 Å². The van der Waals surface area contributed by atoms with Crippen LogP contribution in [0.15, 0.2) is 11.4 Å². The van der Waals surface area contributed by atoms with Crippen molar-refractivity contribution in [3.05, 3.63) is 21.9 Å². The van der Waals surface area contributed by atoms with Crippen molar-refractivity contribution in [3.8, 4) is 0 Å². The summed E-state index contributed by atoms with van der Waals surface area (Å²) in [6.45, 7) is 5.89. The van der Waals surface area contributed by atoms with E-state index in [0.29, 0.717) is 19.4 Å². The first-order valence-corrected chi connectivity index (χ1v) is 7.15. The highest BCUT2D eigenvalue weighted by Gasteiger charge is 2.36. The van der Waals surface area contributed by atoms with Crippen LogP contribution in [0.4, 0.5) is 4.79 Å². The number of carbonyl (C=O) groups is 2. The third-order valence-electron chi connectivity index (χ3n) is 3.35. The molecule has 6 heteroatoms. The summed E-state index contributed by atoms with van der Waals surface area (Å²) in [7, 11) is 0. The Balaban J connectivity index is 2.59. The van der Waals surface area contributed by atoms with E-state index in [1.807, 2.05) is 18.4 Å². The maximum absolute atomic E-state index is 11.8. The average Bonchev–Trinajstić information content (AvgIpc) is 2.79. The predicted molar refractivity (Wildman–Crippen MR) is 75.4 cm³/mol. The summed E-state index contributed by atoms with van der Waals surface area (Å²) in [5.41, 5.74) is -0.0602. The van der Waals surface area contributed by atoms with E-state index in [0.717, 1.165) is 10.4 Å². The molecule has 0 unspecified atom stereocenters. The summed E-state index contributed by atoms with van der Waals surface area (Å²) in [4.78, 5) is 24.1. The number of aliphatic carboxylic acids is 1. The number of amides is 2. The zero-order chi connectivity index (χ0) is 14.5. The molecule has 0 aliphatic rings. The van der Waals surface area contributed by atoms with E-state index in [1.54, 1.807) is 25.2 Å². The molecular weight excluding hydrogens is 264 g/mol. The van der Waals surface area contributed by atoms with Crippen molar-refractivity contribution in [2.45, 2.75) is 45.7 Å². The van der Waals surface area contributed by atoms with E-state index < -0.39 is 17.5 Å². The molecule has 5 nitrogen and oxygen atoms in total. The fourth-order valence-corrected chi connectivity index (χ4v) is 2.64. The summed E-state index contributed by atoms with van der Waals surface area (Å²) < 4.78 is 0. The Bertz CT molecular complexity index is 452. The fourth-order valence-electron chi connectivity index (χ4n) is 1.79. The highest BCUT2D eigenvalue weighted by Crippen LogP contribution is 2.16. The number of carboxylic acid groups (broad SMARTS) is 1. The fraction of sp³-hybridized carbons (Fsp3) is 0.538. The number of hydrogen-bond acceptors (Lipinski definition) is 3. The standard InChI is InChI=1S/C13H20N2O3S/c1-4-13(5-2,11(16)17)15-12(18)14-8-10-9(3)6-7-19-10/h6-7H,4-5,8H2,1-3H3,(H,16,17)(H2,14,15,18). The molecule has 0 bridgehead atoms. The topological polar surface area (TPSA) is 78.4 Å². The highest BCUT2D eigenvalue weighted by molar-refractivity contribution is 7.10. The van der Waals surface area contributed by atoms with Crippen molar-refractivity contribution in [2.75, 3.05) is 0 Å². The van der Waals surface area contributed by atoms with Crippen LogP contribution in [0.5, 0.6) is 0 Å². The van der Waals surface area contributed by atoms with Gasteiger partial charge in [0.15, 0.2) is 0 Å². The van der Waals surface area contributed by atoms with E-state index in [1.165, 1.54) is 0 Å². The van der Waals surface area contributed by atoms with Crippen molar-refractivity contribution in [3.63, 3.8) is 0 Å². The van der Waals surface area contributed by atoms with Gasteiger partial charge in [0.25, 0.3) is 0 Å². The van der Waals surface area contributed by atoms with Gasteiger partial charge in [-0.2, -0.15) is 0 Å². The second kappa shape index (κ2) is 6.56. The Morgan fingerprint density at radius 1 is 1.37 bits per heavy atom. The van der Waals surface area contributed by atoms with Crippen molar-refractivity contribution in [1.82, 2.24) is 10.6 Å². The summed E-state index contributed by atoms with van der Waals surface area (Å²) in [5, 5.41) is 16.5. The zero-order valence-electron chi connectivity index (χ0n) is 11.4. The molecule has 19 heavy (non-hydrogen) atoms. The van der Waals surface area contributed by atoms with Gasteiger partial charge in [0.1, 0.15) is 5.54 Å². The number of carboxylic acids is 1. The average molecular weight is 284 g/mol. The molecule has 1 aromatic rings. The minimum absolute atomic E-state index is 0.351. The SMILES string of the molecule is CCC(CC)(NC(=O)NCc1sccc1C)C(=O)O. The molecule has 106 valence electrons. The van der Waals surface area contributed by atoms with E-state index in [4.69, 9.17) is 0 Å². The van der Waals surface area contributed by atoms with Crippen LogP contribution in [0.3, 0.4) is 0 Å². The van der Waals surface area contributed by atoms with Crippen molar-refractivity contribution in [2.24, 2.45) is 0 Å². The van der Waals surface area contributed by atoms with Gasteiger partial charge in [0.05, 0.1) is 6.54 Å². The Labute approximate surface area is 117 Å². The predicted octanol–water partition coefficient (Wildman–Crippen LogP) is 2.50. The molecule has 0 aromatic carbocycles. The minimum Gasteiger partial charge on any atom is -0.480 e. The molecule has 0 fully saturated rings. The van der Waals surface area contributed by atoms with E-state index >= 15 is 0 Å². The summed E-state index contributed by atoms with van der Waals surface area (Å²) in [6.07, 6.45) is 0.703. The first-order chi connectivity index (χ1) is 8.95. The molecule has 0 saturated heterocycles.